The first-order valence-corrected chi connectivity index (χ1v) is 6.39. The second-order valence-corrected chi connectivity index (χ2v) is 4.65. The smallest absolute Gasteiger partial charge is 0.193 e. The molecule has 0 fully saturated rings. The van der Waals surface area contributed by atoms with Crippen LogP contribution < -0.4 is 5.73 Å². The minimum absolute atomic E-state index is 0.142. The first-order valence-electron chi connectivity index (χ1n) is 4.86. The van der Waals surface area contributed by atoms with Gasteiger partial charge in [0, 0.05) is 12.3 Å². The Morgan fingerprint density at radius 2 is 2.40 bits per heavy atom. The molecule has 3 nitrogen and oxygen atoms in total. The van der Waals surface area contributed by atoms with E-state index in [2.05, 4.69) is 0 Å². The second kappa shape index (κ2) is 7.17. The Bertz CT molecular complexity index is 280. The Morgan fingerprint density at radius 1 is 1.60 bits per heavy atom. The first kappa shape index (κ1) is 12.9. The molecule has 0 spiro atoms. The number of halogens is 1. The molecule has 0 saturated carbocycles. The number of ether oxygens (including phenoxy) is 1. The summed E-state index contributed by atoms with van der Waals surface area (Å²) in [6.45, 7) is 3.26. The lowest BCUT2D eigenvalue weighted by atomic mass is 10.4. The van der Waals surface area contributed by atoms with E-state index in [-0.39, 0.29) is 6.10 Å². The van der Waals surface area contributed by atoms with Crippen LogP contribution in [0.5, 0.6) is 0 Å². The topological polar surface area (TPSA) is 48.4 Å². The normalized spacial score (nSPS) is 13.0. The lowest BCUT2D eigenvalue weighted by Crippen LogP contribution is -2.21. The van der Waals surface area contributed by atoms with Gasteiger partial charge in [0.25, 0.3) is 0 Å². The van der Waals surface area contributed by atoms with Gasteiger partial charge in [0.1, 0.15) is 5.76 Å². The highest BCUT2D eigenvalue weighted by Crippen LogP contribution is 2.18. The van der Waals surface area contributed by atoms with Gasteiger partial charge in [0.15, 0.2) is 5.22 Å². The minimum atomic E-state index is 0.142. The Hall–Kier alpha value is -0.160. The van der Waals surface area contributed by atoms with E-state index < -0.39 is 0 Å². The van der Waals surface area contributed by atoms with Crippen molar-refractivity contribution in [3.63, 3.8) is 0 Å². The van der Waals surface area contributed by atoms with E-state index in [0.717, 1.165) is 23.9 Å². The molecule has 0 amide bonds. The van der Waals surface area contributed by atoms with Crippen molar-refractivity contribution in [2.24, 2.45) is 5.73 Å². The molecule has 0 aliphatic rings. The van der Waals surface area contributed by atoms with Crippen LogP contribution in [0.1, 0.15) is 12.7 Å². The van der Waals surface area contributed by atoms with Crippen molar-refractivity contribution in [3.8, 4) is 0 Å². The van der Waals surface area contributed by atoms with Crippen LogP contribution in [-0.2, 0) is 10.5 Å². The van der Waals surface area contributed by atoms with Crippen LogP contribution in [0, 0.1) is 0 Å². The zero-order chi connectivity index (χ0) is 11.1. The molecule has 1 unspecified atom stereocenters. The van der Waals surface area contributed by atoms with Crippen LogP contribution in [0.2, 0.25) is 5.22 Å². The molecule has 0 aromatic carbocycles. The molecule has 1 aromatic rings. The predicted octanol–water partition coefficient (Wildman–Crippen LogP) is 2.53. The number of thioether (sulfide) groups is 1. The maximum Gasteiger partial charge on any atom is 0.193 e. The standard InChI is InChI=1S/C10H16ClNO2S/c1-8(6-12)13-4-5-15-7-9-2-3-10(11)14-9/h2-3,8H,4-7,12H2,1H3. The molecule has 5 heteroatoms. The van der Waals surface area contributed by atoms with Crippen LogP contribution in [0.25, 0.3) is 0 Å². The Balaban J connectivity index is 2.02. The van der Waals surface area contributed by atoms with Crippen LogP contribution >= 0.6 is 23.4 Å². The third kappa shape index (κ3) is 5.47. The number of hydrogen-bond donors (Lipinski definition) is 1. The van der Waals surface area contributed by atoms with Gasteiger partial charge >= 0.3 is 0 Å². The summed E-state index contributed by atoms with van der Waals surface area (Å²) in [5.41, 5.74) is 5.42. The monoisotopic (exact) mass is 249 g/mol. The van der Waals surface area contributed by atoms with Crippen molar-refractivity contribution in [2.75, 3.05) is 18.9 Å². The minimum Gasteiger partial charge on any atom is -0.449 e. The molecule has 15 heavy (non-hydrogen) atoms. The quantitative estimate of drug-likeness (QED) is 0.755. The van der Waals surface area contributed by atoms with Gasteiger partial charge in [0.2, 0.25) is 0 Å². The highest BCUT2D eigenvalue weighted by atomic mass is 35.5. The van der Waals surface area contributed by atoms with Crippen molar-refractivity contribution >= 4 is 23.4 Å². The predicted molar refractivity (Wildman–Crippen MR) is 64.3 cm³/mol. The molecular formula is C10H16ClNO2S. The van der Waals surface area contributed by atoms with Gasteiger partial charge in [-0.15, -0.1) is 0 Å². The van der Waals surface area contributed by atoms with E-state index in [1.165, 1.54) is 0 Å². The lowest BCUT2D eigenvalue weighted by Gasteiger charge is -2.09. The van der Waals surface area contributed by atoms with Gasteiger partial charge in [0.05, 0.1) is 18.5 Å². The summed E-state index contributed by atoms with van der Waals surface area (Å²) in [5.74, 6) is 2.66. The zero-order valence-electron chi connectivity index (χ0n) is 8.74. The fourth-order valence-corrected chi connectivity index (χ4v) is 1.86. The number of furan rings is 1. The summed E-state index contributed by atoms with van der Waals surface area (Å²) in [4.78, 5) is 0. The van der Waals surface area contributed by atoms with E-state index in [4.69, 9.17) is 26.5 Å². The molecule has 0 saturated heterocycles. The van der Waals surface area contributed by atoms with Gasteiger partial charge in [-0.3, -0.25) is 0 Å². The van der Waals surface area contributed by atoms with E-state index in [1.54, 1.807) is 17.8 Å². The second-order valence-electron chi connectivity index (χ2n) is 3.18. The summed E-state index contributed by atoms with van der Waals surface area (Å²) in [7, 11) is 0. The van der Waals surface area contributed by atoms with Gasteiger partial charge in [-0.25, -0.2) is 0 Å². The SMILES string of the molecule is CC(CN)OCCSCc1ccc(Cl)o1. The largest absolute Gasteiger partial charge is 0.449 e. The maximum atomic E-state index is 5.65. The lowest BCUT2D eigenvalue weighted by molar-refractivity contribution is 0.0846. The van der Waals surface area contributed by atoms with Crippen LogP contribution in [0.15, 0.2) is 16.5 Å². The fourth-order valence-electron chi connectivity index (χ4n) is 0.978. The Labute approximate surface area is 99.3 Å². The molecule has 0 aliphatic heterocycles. The summed E-state index contributed by atoms with van der Waals surface area (Å²) < 4.78 is 10.6. The van der Waals surface area contributed by atoms with Gasteiger partial charge in [-0.05, 0) is 30.7 Å². The average molecular weight is 250 g/mol. The number of nitrogens with two attached hydrogens (primary N) is 1. The Morgan fingerprint density at radius 3 is 3.00 bits per heavy atom. The van der Waals surface area contributed by atoms with Gasteiger partial charge < -0.3 is 14.9 Å². The van der Waals surface area contributed by atoms with E-state index in [1.807, 2.05) is 13.0 Å². The molecule has 0 aliphatic carbocycles. The van der Waals surface area contributed by atoms with Crippen molar-refractivity contribution in [1.82, 2.24) is 0 Å². The summed E-state index contributed by atoms with van der Waals surface area (Å²) in [6.07, 6.45) is 0.142. The van der Waals surface area contributed by atoms with E-state index in [9.17, 15) is 0 Å². The average Bonchev–Trinajstić information content (AvgIpc) is 2.63. The van der Waals surface area contributed by atoms with E-state index in [0.29, 0.717) is 11.8 Å². The highest BCUT2D eigenvalue weighted by molar-refractivity contribution is 7.98. The molecular weight excluding hydrogens is 234 g/mol. The summed E-state index contributed by atoms with van der Waals surface area (Å²) >= 11 is 7.40. The highest BCUT2D eigenvalue weighted by Gasteiger charge is 2.01. The molecule has 1 atom stereocenters. The number of rotatable bonds is 7. The van der Waals surface area contributed by atoms with Crippen LogP contribution in [0.3, 0.4) is 0 Å². The summed E-state index contributed by atoms with van der Waals surface area (Å²) in [5, 5.41) is 0.443. The van der Waals surface area contributed by atoms with Crippen molar-refractivity contribution in [3.05, 3.63) is 23.1 Å². The first-order chi connectivity index (χ1) is 7.22. The van der Waals surface area contributed by atoms with Gasteiger partial charge in [-0.2, -0.15) is 11.8 Å². The van der Waals surface area contributed by atoms with Crippen LogP contribution in [-0.4, -0.2) is 25.0 Å². The Kier molecular flexibility index (Phi) is 6.17. The molecule has 2 N–H and O–H groups in total. The third-order valence-corrected chi connectivity index (χ3v) is 2.98. The molecule has 0 bridgehead atoms. The van der Waals surface area contributed by atoms with Crippen molar-refractivity contribution < 1.29 is 9.15 Å². The van der Waals surface area contributed by atoms with Gasteiger partial charge in [-0.1, -0.05) is 0 Å². The molecule has 1 heterocycles. The van der Waals surface area contributed by atoms with Crippen molar-refractivity contribution in [2.45, 2.75) is 18.8 Å². The zero-order valence-corrected chi connectivity index (χ0v) is 10.3. The van der Waals surface area contributed by atoms with E-state index >= 15 is 0 Å². The molecule has 0 radical (unpaired) electrons. The molecule has 86 valence electrons. The molecule has 1 aromatic heterocycles. The fraction of sp³-hybridized carbons (Fsp3) is 0.600. The summed E-state index contributed by atoms with van der Waals surface area (Å²) in [6, 6.07) is 3.64. The number of hydrogen-bond acceptors (Lipinski definition) is 4. The molecule has 1 rings (SSSR count). The third-order valence-electron chi connectivity index (χ3n) is 1.84. The van der Waals surface area contributed by atoms with Crippen molar-refractivity contribution in [1.29, 1.82) is 0 Å². The van der Waals surface area contributed by atoms with Crippen LogP contribution in [0.4, 0.5) is 0 Å². The maximum absolute atomic E-state index is 5.65.